The van der Waals surface area contributed by atoms with Crippen molar-refractivity contribution in [3.05, 3.63) is 75.8 Å². The number of carbonyl (C=O) groups is 1. The fraction of sp³-hybridized carbons (Fsp3) is 0.346. The Bertz CT molecular complexity index is 1300. The number of benzene rings is 1. The van der Waals surface area contributed by atoms with Gasteiger partial charge in [0, 0.05) is 57.2 Å². The molecule has 0 radical (unpaired) electrons. The number of nitrogens with one attached hydrogen (secondary N) is 1. The van der Waals surface area contributed by atoms with Crippen LogP contribution in [0.5, 0.6) is 0 Å². The lowest BCUT2D eigenvalue weighted by molar-refractivity contribution is 0.0127. The molecule has 1 amide bonds. The predicted molar refractivity (Wildman–Crippen MR) is 131 cm³/mol. The van der Waals surface area contributed by atoms with Crippen LogP contribution in [0.15, 0.2) is 53.5 Å². The van der Waals surface area contributed by atoms with Gasteiger partial charge in [0.25, 0.3) is 17.4 Å². The number of aromatic nitrogens is 2. The third kappa shape index (κ3) is 5.40. The van der Waals surface area contributed by atoms with E-state index in [1.165, 1.54) is 12.3 Å². The molecular formula is C26H28F2N4O3. The standard InChI is InChI=1S/C26H28F2N4O3/c1-17-5-6-20(30-25(34)18-7-8-29-22(13-18)26(2,27)28)16-21(17)19-14-23-31(11-12-35-3)9-4-10-32(23)24(33)15-19/h5-8,13-16H,4,9-12H2,1-3H3,(H,30,34). The highest BCUT2D eigenvalue weighted by molar-refractivity contribution is 6.04. The van der Waals surface area contributed by atoms with Crippen LogP contribution in [0.4, 0.5) is 20.3 Å². The van der Waals surface area contributed by atoms with Crippen molar-refractivity contribution in [1.82, 2.24) is 9.55 Å². The van der Waals surface area contributed by atoms with Crippen molar-refractivity contribution in [2.24, 2.45) is 0 Å². The normalized spacial score (nSPS) is 13.5. The quantitative estimate of drug-likeness (QED) is 0.539. The molecule has 0 aliphatic carbocycles. The van der Waals surface area contributed by atoms with E-state index in [0.29, 0.717) is 25.4 Å². The SMILES string of the molecule is COCCN1CCCn2c1cc(-c1cc(NC(=O)c3ccnc(C(C)(F)F)c3)ccc1C)cc2=O. The first-order chi connectivity index (χ1) is 16.7. The van der Waals surface area contributed by atoms with Gasteiger partial charge >= 0.3 is 0 Å². The fourth-order valence-electron chi connectivity index (χ4n) is 4.21. The van der Waals surface area contributed by atoms with Crippen molar-refractivity contribution in [2.45, 2.75) is 32.7 Å². The molecule has 1 aliphatic heterocycles. The van der Waals surface area contributed by atoms with Gasteiger partial charge in [0.2, 0.25) is 0 Å². The average molecular weight is 483 g/mol. The summed E-state index contributed by atoms with van der Waals surface area (Å²) >= 11 is 0. The molecule has 1 aromatic carbocycles. The summed E-state index contributed by atoms with van der Waals surface area (Å²) in [5, 5.41) is 2.77. The van der Waals surface area contributed by atoms with Crippen LogP contribution in [-0.2, 0) is 17.2 Å². The summed E-state index contributed by atoms with van der Waals surface area (Å²) in [5.41, 5.74) is 2.50. The summed E-state index contributed by atoms with van der Waals surface area (Å²) < 4.78 is 34.2. The van der Waals surface area contributed by atoms with E-state index in [0.717, 1.165) is 48.5 Å². The summed E-state index contributed by atoms with van der Waals surface area (Å²) in [6.45, 7) is 5.41. The van der Waals surface area contributed by atoms with Crippen LogP contribution in [0.25, 0.3) is 11.1 Å². The molecule has 9 heteroatoms. The number of rotatable bonds is 7. The first-order valence-corrected chi connectivity index (χ1v) is 11.4. The van der Waals surface area contributed by atoms with Gasteiger partial charge < -0.3 is 15.0 Å². The Labute approximate surface area is 202 Å². The molecule has 0 saturated heterocycles. The minimum absolute atomic E-state index is 0.0828. The second-order valence-electron chi connectivity index (χ2n) is 8.73. The minimum Gasteiger partial charge on any atom is -0.383 e. The van der Waals surface area contributed by atoms with Crippen LogP contribution in [-0.4, -0.2) is 42.3 Å². The lowest BCUT2D eigenvalue weighted by Crippen LogP contribution is -2.39. The number of nitrogens with zero attached hydrogens (tertiary/aromatic N) is 3. The van der Waals surface area contributed by atoms with E-state index >= 15 is 0 Å². The number of fused-ring (bicyclic) bond motifs is 1. The smallest absolute Gasteiger partial charge is 0.286 e. The van der Waals surface area contributed by atoms with E-state index in [1.807, 2.05) is 19.1 Å². The Hall–Kier alpha value is -3.59. The average Bonchev–Trinajstić information content (AvgIpc) is 2.83. The van der Waals surface area contributed by atoms with Crippen LogP contribution in [0.2, 0.25) is 0 Å². The van der Waals surface area contributed by atoms with Gasteiger partial charge in [-0.3, -0.25) is 19.1 Å². The van der Waals surface area contributed by atoms with Gasteiger partial charge in [0.05, 0.1) is 6.61 Å². The summed E-state index contributed by atoms with van der Waals surface area (Å²) in [6, 6.07) is 11.4. The monoisotopic (exact) mass is 482 g/mol. The molecular weight excluding hydrogens is 454 g/mol. The van der Waals surface area contributed by atoms with Gasteiger partial charge in [-0.05, 0) is 60.4 Å². The zero-order chi connectivity index (χ0) is 25.2. The molecule has 0 saturated carbocycles. The maximum absolute atomic E-state index is 13.6. The van der Waals surface area contributed by atoms with Crippen LogP contribution in [0.1, 0.15) is 35.0 Å². The zero-order valence-corrected chi connectivity index (χ0v) is 20.0. The van der Waals surface area contributed by atoms with Crippen molar-refractivity contribution in [2.75, 3.05) is 37.0 Å². The third-order valence-electron chi connectivity index (χ3n) is 6.08. The number of anilines is 2. The molecule has 4 rings (SSSR count). The molecule has 0 fully saturated rings. The molecule has 0 atom stereocenters. The topological polar surface area (TPSA) is 76.5 Å². The number of hydrogen-bond acceptors (Lipinski definition) is 5. The van der Waals surface area contributed by atoms with Crippen molar-refractivity contribution in [1.29, 1.82) is 0 Å². The van der Waals surface area contributed by atoms with Crippen molar-refractivity contribution < 1.29 is 18.3 Å². The zero-order valence-electron chi connectivity index (χ0n) is 20.0. The van der Waals surface area contributed by atoms with Gasteiger partial charge in [-0.25, -0.2) is 0 Å². The first-order valence-electron chi connectivity index (χ1n) is 11.4. The number of aryl methyl sites for hydroxylation is 1. The molecule has 3 heterocycles. The fourth-order valence-corrected chi connectivity index (χ4v) is 4.21. The van der Waals surface area contributed by atoms with E-state index in [-0.39, 0.29) is 11.1 Å². The largest absolute Gasteiger partial charge is 0.383 e. The molecule has 3 aromatic rings. The number of amides is 1. The van der Waals surface area contributed by atoms with E-state index in [9.17, 15) is 18.4 Å². The number of ether oxygens (including phenoxy) is 1. The van der Waals surface area contributed by atoms with Gasteiger partial charge in [0.1, 0.15) is 11.5 Å². The van der Waals surface area contributed by atoms with E-state index < -0.39 is 17.5 Å². The van der Waals surface area contributed by atoms with Crippen LogP contribution >= 0.6 is 0 Å². The molecule has 1 aliphatic rings. The number of hydrogen-bond donors (Lipinski definition) is 1. The van der Waals surface area contributed by atoms with Gasteiger partial charge in [-0.1, -0.05) is 6.07 Å². The van der Waals surface area contributed by atoms with Crippen molar-refractivity contribution >= 4 is 17.4 Å². The molecule has 35 heavy (non-hydrogen) atoms. The van der Waals surface area contributed by atoms with Crippen LogP contribution in [0, 0.1) is 6.92 Å². The molecule has 7 nitrogen and oxygen atoms in total. The Morgan fingerprint density at radius 3 is 2.71 bits per heavy atom. The second kappa shape index (κ2) is 9.95. The summed E-state index contributed by atoms with van der Waals surface area (Å²) in [5.74, 6) is -2.83. The highest BCUT2D eigenvalue weighted by Crippen LogP contribution is 2.30. The Morgan fingerprint density at radius 2 is 1.97 bits per heavy atom. The number of methoxy groups -OCH3 is 1. The molecule has 2 aromatic heterocycles. The minimum atomic E-state index is -3.15. The Morgan fingerprint density at radius 1 is 1.17 bits per heavy atom. The highest BCUT2D eigenvalue weighted by Gasteiger charge is 2.27. The summed E-state index contributed by atoms with van der Waals surface area (Å²) in [6.07, 6.45) is 2.08. The second-order valence-corrected chi connectivity index (χ2v) is 8.73. The lowest BCUT2D eigenvalue weighted by atomic mass is 9.99. The molecule has 0 unspecified atom stereocenters. The van der Waals surface area contributed by atoms with Crippen molar-refractivity contribution in [3.8, 4) is 11.1 Å². The number of carbonyl (C=O) groups excluding carboxylic acids is 1. The van der Waals surface area contributed by atoms with Gasteiger partial charge in [-0.15, -0.1) is 0 Å². The first kappa shape index (κ1) is 24.5. The maximum atomic E-state index is 13.6. The number of pyridine rings is 2. The number of alkyl halides is 2. The molecule has 0 spiro atoms. The number of halogens is 2. The summed E-state index contributed by atoms with van der Waals surface area (Å²) in [4.78, 5) is 31.5. The Balaban J connectivity index is 1.65. The van der Waals surface area contributed by atoms with E-state index in [1.54, 1.807) is 29.9 Å². The lowest BCUT2D eigenvalue weighted by Gasteiger charge is -2.32. The molecule has 1 N–H and O–H groups in total. The molecule has 0 bridgehead atoms. The van der Waals surface area contributed by atoms with Gasteiger partial charge in [-0.2, -0.15) is 8.78 Å². The summed E-state index contributed by atoms with van der Waals surface area (Å²) in [7, 11) is 1.65. The predicted octanol–water partition coefficient (Wildman–Crippen LogP) is 4.44. The van der Waals surface area contributed by atoms with Crippen LogP contribution < -0.4 is 15.8 Å². The van der Waals surface area contributed by atoms with E-state index in [2.05, 4.69) is 15.2 Å². The molecule has 184 valence electrons. The third-order valence-corrected chi connectivity index (χ3v) is 6.08. The highest BCUT2D eigenvalue weighted by atomic mass is 19.3. The Kier molecular flexibility index (Phi) is 6.98. The maximum Gasteiger partial charge on any atom is 0.286 e. The van der Waals surface area contributed by atoms with E-state index in [4.69, 9.17) is 4.74 Å². The van der Waals surface area contributed by atoms with Crippen molar-refractivity contribution in [3.63, 3.8) is 0 Å². The van der Waals surface area contributed by atoms with Crippen LogP contribution in [0.3, 0.4) is 0 Å². The van der Waals surface area contributed by atoms with Gasteiger partial charge in [0.15, 0.2) is 0 Å².